The number of hydrogen-bond donors (Lipinski definition) is 2. The Bertz CT molecular complexity index is 325. The van der Waals surface area contributed by atoms with Crippen LogP contribution in [0.5, 0.6) is 0 Å². The van der Waals surface area contributed by atoms with Crippen LogP contribution < -0.4 is 5.32 Å². The molecule has 21 heavy (non-hydrogen) atoms. The molecule has 5 nitrogen and oxygen atoms in total. The molecule has 0 bridgehead atoms. The summed E-state index contributed by atoms with van der Waals surface area (Å²) in [4.78, 5) is 16.2. The van der Waals surface area contributed by atoms with Crippen molar-refractivity contribution in [1.82, 2.24) is 15.1 Å². The zero-order valence-corrected chi connectivity index (χ0v) is 14.2. The van der Waals surface area contributed by atoms with Crippen LogP contribution in [0.1, 0.15) is 46.0 Å². The van der Waals surface area contributed by atoms with Crippen LogP contribution in [-0.2, 0) is 4.79 Å². The summed E-state index contributed by atoms with van der Waals surface area (Å²) < 4.78 is 0. The van der Waals surface area contributed by atoms with Gasteiger partial charge in [0.25, 0.3) is 0 Å². The number of piperidine rings is 1. The highest BCUT2D eigenvalue weighted by Gasteiger charge is 2.32. The zero-order chi connectivity index (χ0) is 15.9. The average molecular weight is 299 g/mol. The quantitative estimate of drug-likeness (QED) is 0.678. The lowest BCUT2D eigenvalue weighted by atomic mass is 9.95. The number of carboxylic acid groups (broad SMARTS) is 1. The monoisotopic (exact) mass is 299 g/mol. The molecule has 0 spiro atoms. The molecule has 1 aliphatic rings. The van der Waals surface area contributed by atoms with Gasteiger partial charge in [-0.2, -0.15) is 0 Å². The Labute approximate surface area is 129 Å². The Kier molecular flexibility index (Phi) is 7.63. The number of carbonyl (C=O) groups is 1. The van der Waals surface area contributed by atoms with Crippen molar-refractivity contribution in [1.29, 1.82) is 0 Å². The molecular formula is C16H33N3O2. The first-order valence-electron chi connectivity index (χ1n) is 8.26. The van der Waals surface area contributed by atoms with Gasteiger partial charge in [-0.25, -0.2) is 0 Å². The molecular weight excluding hydrogens is 266 g/mol. The van der Waals surface area contributed by atoms with Gasteiger partial charge in [0.05, 0.1) is 0 Å². The van der Waals surface area contributed by atoms with Gasteiger partial charge in [-0.3, -0.25) is 4.79 Å². The van der Waals surface area contributed by atoms with Crippen molar-refractivity contribution >= 4 is 5.97 Å². The zero-order valence-electron chi connectivity index (χ0n) is 14.2. The summed E-state index contributed by atoms with van der Waals surface area (Å²) in [6.07, 6.45) is 5.06. The molecule has 1 saturated heterocycles. The number of aliphatic carboxylic acids is 1. The second kappa shape index (κ2) is 8.71. The van der Waals surface area contributed by atoms with Crippen LogP contribution in [0.15, 0.2) is 0 Å². The third-order valence-corrected chi connectivity index (χ3v) is 4.65. The highest BCUT2D eigenvalue weighted by atomic mass is 16.4. The van der Waals surface area contributed by atoms with Crippen LogP contribution >= 0.6 is 0 Å². The molecule has 1 heterocycles. The summed E-state index contributed by atoms with van der Waals surface area (Å²) in [5, 5.41) is 12.6. The van der Waals surface area contributed by atoms with Gasteiger partial charge in [0.1, 0.15) is 5.54 Å². The maximum atomic E-state index is 11.5. The normalized spacial score (nSPS) is 23.2. The Morgan fingerprint density at radius 1 is 1.52 bits per heavy atom. The molecule has 2 N–H and O–H groups in total. The Morgan fingerprint density at radius 3 is 2.81 bits per heavy atom. The average Bonchev–Trinajstić information content (AvgIpc) is 2.44. The van der Waals surface area contributed by atoms with Crippen LogP contribution in [0.3, 0.4) is 0 Å². The first-order chi connectivity index (χ1) is 9.89. The van der Waals surface area contributed by atoms with Crippen LogP contribution in [-0.4, -0.2) is 72.7 Å². The highest BCUT2D eigenvalue weighted by molar-refractivity contribution is 5.78. The van der Waals surface area contributed by atoms with Gasteiger partial charge in [-0.15, -0.1) is 0 Å². The van der Waals surface area contributed by atoms with Gasteiger partial charge in [-0.05, 0) is 72.8 Å². The number of carboxylic acids is 1. The summed E-state index contributed by atoms with van der Waals surface area (Å²) in [6, 6.07) is 0.614. The van der Waals surface area contributed by atoms with E-state index in [0.717, 1.165) is 32.5 Å². The predicted molar refractivity (Wildman–Crippen MR) is 86.7 cm³/mol. The largest absolute Gasteiger partial charge is 0.480 e. The van der Waals surface area contributed by atoms with Crippen molar-refractivity contribution in [2.75, 3.05) is 40.3 Å². The van der Waals surface area contributed by atoms with Crippen molar-refractivity contribution in [3.63, 3.8) is 0 Å². The van der Waals surface area contributed by atoms with Crippen LogP contribution in [0.2, 0.25) is 0 Å². The number of rotatable bonds is 9. The number of likely N-dealkylation sites (N-methyl/N-ethyl adjacent to an activating group) is 2. The number of nitrogens with one attached hydrogen (secondary N) is 1. The van der Waals surface area contributed by atoms with E-state index >= 15 is 0 Å². The molecule has 0 aromatic heterocycles. The van der Waals surface area contributed by atoms with E-state index in [2.05, 4.69) is 36.1 Å². The van der Waals surface area contributed by atoms with E-state index in [0.29, 0.717) is 12.5 Å². The van der Waals surface area contributed by atoms with E-state index in [1.807, 2.05) is 0 Å². The first-order valence-corrected chi connectivity index (χ1v) is 8.26. The molecule has 124 valence electrons. The summed E-state index contributed by atoms with van der Waals surface area (Å²) >= 11 is 0. The predicted octanol–water partition coefficient (Wildman–Crippen LogP) is 1.64. The lowest BCUT2D eigenvalue weighted by Gasteiger charge is -2.36. The molecule has 0 saturated carbocycles. The second-order valence-electron chi connectivity index (χ2n) is 6.71. The number of nitrogens with zero attached hydrogens (tertiary/aromatic N) is 2. The maximum absolute atomic E-state index is 11.5. The van der Waals surface area contributed by atoms with E-state index in [1.165, 1.54) is 19.4 Å². The summed E-state index contributed by atoms with van der Waals surface area (Å²) in [7, 11) is 4.34. The second-order valence-corrected chi connectivity index (χ2v) is 6.71. The summed E-state index contributed by atoms with van der Waals surface area (Å²) in [5.74, 6) is -0.740. The van der Waals surface area contributed by atoms with Crippen molar-refractivity contribution in [3.8, 4) is 0 Å². The lowest BCUT2D eigenvalue weighted by molar-refractivity contribution is -0.144. The molecule has 1 rings (SSSR count). The smallest absolute Gasteiger partial charge is 0.323 e. The minimum Gasteiger partial charge on any atom is -0.480 e. The fourth-order valence-corrected chi connectivity index (χ4v) is 3.04. The number of likely N-dealkylation sites (tertiary alicyclic amines) is 1. The van der Waals surface area contributed by atoms with E-state index in [-0.39, 0.29) is 0 Å². The van der Waals surface area contributed by atoms with Gasteiger partial charge in [0.2, 0.25) is 0 Å². The molecule has 5 heteroatoms. The van der Waals surface area contributed by atoms with Crippen molar-refractivity contribution in [2.24, 2.45) is 0 Å². The molecule has 1 fully saturated rings. The van der Waals surface area contributed by atoms with Gasteiger partial charge >= 0.3 is 5.97 Å². The van der Waals surface area contributed by atoms with E-state index in [4.69, 9.17) is 0 Å². The first kappa shape index (κ1) is 18.4. The Morgan fingerprint density at radius 2 is 2.24 bits per heavy atom. The molecule has 1 aliphatic heterocycles. The minimum atomic E-state index is -0.791. The van der Waals surface area contributed by atoms with Crippen LogP contribution in [0, 0.1) is 0 Å². The van der Waals surface area contributed by atoms with Crippen LogP contribution in [0.25, 0.3) is 0 Å². The Hall–Kier alpha value is -0.650. The SMILES string of the molecule is CCCNC(C)(CCCN(C)C1CCCN(C)C1)C(=O)O. The molecule has 2 atom stereocenters. The molecule has 0 aromatic rings. The Balaban J connectivity index is 2.37. The topological polar surface area (TPSA) is 55.8 Å². The van der Waals surface area contributed by atoms with Crippen molar-refractivity contribution in [3.05, 3.63) is 0 Å². The lowest BCUT2D eigenvalue weighted by Crippen LogP contribution is -2.50. The van der Waals surface area contributed by atoms with Crippen molar-refractivity contribution < 1.29 is 9.90 Å². The van der Waals surface area contributed by atoms with Crippen molar-refractivity contribution in [2.45, 2.75) is 57.5 Å². The van der Waals surface area contributed by atoms with E-state index in [9.17, 15) is 9.90 Å². The number of hydrogen-bond acceptors (Lipinski definition) is 4. The molecule has 0 aliphatic carbocycles. The van der Waals surface area contributed by atoms with E-state index < -0.39 is 11.5 Å². The minimum absolute atomic E-state index is 0.614. The fourth-order valence-electron chi connectivity index (χ4n) is 3.04. The van der Waals surface area contributed by atoms with Gasteiger partial charge in [-0.1, -0.05) is 6.92 Å². The third kappa shape index (κ3) is 5.93. The third-order valence-electron chi connectivity index (χ3n) is 4.65. The molecule has 0 aromatic carbocycles. The summed E-state index contributed by atoms with van der Waals surface area (Å²) in [6.45, 7) is 7.91. The van der Waals surface area contributed by atoms with Crippen LogP contribution in [0.4, 0.5) is 0 Å². The highest BCUT2D eigenvalue weighted by Crippen LogP contribution is 2.17. The fraction of sp³-hybridized carbons (Fsp3) is 0.938. The summed E-state index contributed by atoms with van der Waals surface area (Å²) in [5.41, 5.74) is -0.791. The molecule has 2 unspecified atom stereocenters. The molecule has 0 radical (unpaired) electrons. The van der Waals surface area contributed by atoms with Gasteiger partial charge < -0.3 is 20.2 Å². The van der Waals surface area contributed by atoms with Gasteiger partial charge in [0, 0.05) is 12.6 Å². The van der Waals surface area contributed by atoms with Gasteiger partial charge in [0.15, 0.2) is 0 Å². The maximum Gasteiger partial charge on any atom is 0.323 e. The standard InChI is InChI=1S/C16H33N3O2/c1-5-10-17-16(2,15(20)21)9-7-12-19(4)14-8-6-11-18(3)13-14/h14,17H,5-13H2,1-4H3,(H,20,21). The molecule has 0 amide bonds. The van der Waals surface area contributed by atoms with E-state index in [1.54, 1.807) is 6.92 Å².